The molecule has 4 heteroatoms. The van der Waals surface area contributed by atoms with E-state index in [1.165, 1.54) is 35.2 Å². The molecular weight excluding hydrogens is 360 g/mol. The zero-order chi connectivity index (χ0) is 20.8. The van der Waals surface area contributed by atoms with Crippen LogP contribution in [0.15, 0.2) is 30.8 Å². The summed E-state index contributed by atoms with van der Waals surface area (Å²) in [5, 5.41) is 9.47. The molecule has 1 saturated heterocycles. The Balaban J connectivity index is 1.69. The maximum atomic E-state index is 11.5. The Bertz CT molecular complexity index is 944. The van der Waals surface area contributed by atoms with Crippen LogP contribution in [0.25, 0.3) is 5.57 Å². The van der Waals surface area contributed by atoms with Gasteiger partial charge in [-0.25, -0.2) is 0 Å². The van der Waals surface area contributed by atoms with Gasteiger partial charge < -0.3 is 14.6 Å². The molecule has 2 heterocycles. The van der Waals surface area contributed by atoms with Crippen molar-refractivity contribution in [2.75, 3.05) is 18.0 Å². The molecule has 29 heavy (non-hydrogen) atoms. The van der Waals surface area contributed by atoms with Crippen LogP contribution in [0.5, 0.6) is 0 Å². The Morgan fingerprint density at radius 1 is 1.14 bits per heavy atom. The van der Waals surface area contributed by atoms with Crippen LogP contribution in [0.4, 0.5) is 5.69 Å². The lowest BCUT2D eigenvalue weighted by Gasteiger charge is -2.32. The number of rotatable bonds is 5. The number of allylic oxidation sites excluding steroid dienone is 1. The molecule has 1 aromatic heterocycles. The second-order valence-electron chi connectivity index (χ2n) is 9.52. The molecule has 2 aromatic rings. The maximum Gasteiger partial charge on any atom is 0.323 e. The van der Waals surface area contributed by atoms with E-state index in [0.29, 0.717) is 0 Å². The first kappa shape index (κ1) is 19.8. The number of carboxylic acids is 1. The SMILES string of the molecule is C=C1CC(C)(C)Cc2c1c(Cc1ccc(N3CCCC3)cc1)c(C)n2CC(=O)O. The van der Waals surface area contributed by atoms with Crippen LogP contribution < -0.4 is 4.90 Å². The summed E-state index contributed by atoms with van der Waals surface area (Å²) < 4.78 is 2.01. The first-order valence-electron chi connectivity index (χ1n) is 10.7. The molecule has 1 aromatic carbocycles. The van der Waals surface area contributed by atoms with Gasteiger partial charge in [-0.3, -0.25) is 4.79 Å². The lowest BCUT2D eigenvalue weighted by atomic mass is 9.73. The molecule has 0 saturated carbocycles. The van der Waals surface area contributed by atoms with Crippen LogP contribution in [0.3, 0.4) is 0 Å². The van der Waals surface area contributed by atoms with Crippen molar-refractivity contribution in [1.82, 2.24) is 4.57 Å². The molecule has 0 radical (unpaired) electrons. The first-order valence-corrected chi connectivity index (χ1v) is 10.7. The summed E-state index contributed by atoms with van der Waals surface area (Å²) in [6.07, 6.45) is 5.23. The van der Waals surface area contributed by atoms with Gasteiger partial charge in [-0.15, -0.1) is 0 Å². The number of aliphatic carboxylic acids is 1. The molecule has 154 valence electrons. The van der Waals surface area contributed by atoms with Gasteiger partial charge >= 0.3 is 5.97 Å². The quantitative estimate of drug-likeness (QED) is 0.774. The van der Waals surface area contributed by atoms with Gasteiger partial charge in [-0.2, -0.15) is 0 Å². The molecule has 1 aliphatic carbocycles. The first-order chi connectivity index (χ1) is 13.7. The van der Waals surface area contributed by atoms with E-state index in [2.05, 4.69) is 56.5 Å². The van der Waals surface area contributed by atoms with E-state index < -0.39 is 5.97 Å². The average Bonchev–Trinajstić information content (AvgIpc) is 3.25. The Morgan fingerprint density at radius 3 is 2.41 bits per heavy atom. The van der Waals surface area contributed by atoms with Gasteiger partial charge in [0.1, 0.15) is 6.54 Å². The van der Waals surface area contributed by atoms with Crippen LogP contribution >= 0.6 is 0 Å². The number of nitrogens with zero attached hydrogens (tertiary/aromatic N) is 2. The third-order valence-electron chi connectivity index (χ3n) is 6.53. The summed E-state index contributed by atoms with van der Waals surface area (Å²) in [6, 6.07) is 8.91. The third kappa shape index (κ3) is 3.85. The highest BCUT2D eigenvalue weighted by molar-refractivity contribution is 5.74. The highest BCUT2D eigenvalue weighted by Gasteiger charge is 2.34. The fourth-order valence-electron chi connectivity index (χ4n) is 5.21. The molecule has 1 N–H and O–H groups in total. The Morgan fingerprint density at radius 2 is 1.79 bits per heavy atom. The maximum absolute atomic E-state index is 11.5. The summed E-state index contributed by atoms with van der Waals surface area (Å²) in [7, 11) is 0. The van der Waals surface area contributed by atoms with Crippen LogP contribution in [-0.4, -0.2) is 28.7 Å². The fraction of sp³-hybridized carbons (Fsp3) is 0.480. The Hall–Kier alpha value is -2.49. The smallest absolute Gasteiger partial charge is 0.323 e. The number of fused-ring (bicyclic) bond motifs is 1. The van der Waals surface area contributed by atoms with E-state index in [0.717, 1.165) is 49.3 Å². The van der Waals surface area contributed by atoms with Gasteiger partial charge in [0.05, 0.1) is 0 Å². The summed E-state index contributed by atoms with van der Waals surface area (Å²) in [4.78, 5) is 14.0. The number of carboxylic acid groups (broad SMARTS) is 1. The molecule has 0 amide bonds. The van der Waals surface area contributed by atoms with Crippen molar-refractivity contribution >= 4 is 17.2 Å². The second kappa shape index (κ2) is 7.40. The van der Waals surface area contributed by atoms with Gasteiger partial charge in [0.25, 0.3) is 0 Å². The third-order valence-corrected chi connectivity index (χ3v) is 6.53. The minimum absolute atomic E-state index is 0.0193. The Labute approximate surface area is 173 Å². The van der Waals surface area contributed by atoms with Gasteiger partial charge in [0.2, 0.25) is 0 Å². The van der Waals surface area contributed by atoms with Crippen molar-refractivity contribution in [2.45, 2.75) is 59.4 Å². The van der Waals surface area contributed by atoms with Crippen LogP contribution in [0, 0.1) is 12.3 Å². The largest absolute Gasteiger partial charge is 0.480 e. The van der Waals surface area contributed by atoms with Crippen molar-refractivity contribution in [2.24, 2.45) is 5.41 Å². The predicted molar refractivity (Wildman–Crippen MR) is 119 cm³/mol. The summed E-state index contributed by atoms with van der Waals surface area (Å²) in [5.74, 6) is -0.790. The average molecular weight is 393 g/mol. The van der Waals surface area contributed by atoms with Crippen LogP contribution in [0.1, 0.15) is 61.2 Å². The van der Waals surface area contributed by atoms with Crippen LogP contribution in [-0.2, 0) is 24.2 Å². The normalized spacial score (nSPS) is 18.2. The van der Waals surface area contributed by atoms with Gasteiger partial charge in [-0.05, 0) is 73.3 Å². The van der Waals surface area contributed by atoms with Gasteiger partial charge in [0.15, 0.2) is 0 Å². The van der Waals surface area contributed by atoms with E-state index in [9.17, 15) is 9.90 Å². The summed E-state index contributed by atoms with van der Waals surface area (Å²) in [5.41, 5.74) is 8.51. The molecule has 2 aliphatic rings. The zero-order valence-corrected chi connectivity index (χ0v) is 17.9. The topological polar surface area (TPSA) is 45.5 Å². The molecule has 1 fully saturated rings. The van der Waals surface area contributed by atoms with E-state index in [4.69, 9.17) is 0 Å². The molecule has 0 atom stereocenters. The highest BCUT2D eigenvalue weighted by Crippen LogP contribution is 2.44. The highest BCUT2D eigenvalue weighted by atomic mass is 16.4. The number of benzene rings is 1. The molecular formula is C25H32N2O2. The van der Waals surface area contributed by atoms with E-state index in [1.54, 1.807) is 0 Å². The standard InChI is InChI=1S/C25H32N2O2/c1-17-14-25(3,4)15-22-24(17)21(18(2)27(22)16-23(28)29)13-19-7-9-20(10-8-19)26-11-5-6-12-26/h7-10H,1,5-6,11-16H2,2-4H3,(H,28,29). The molecule has 0 spiro atoms. The monoisotopic (exact) mass is 392 g/mol. The van der Waals surface area contributed by atoms with Gasteiger partial charge in [-0.1, -0.05) is 32.6 Å². The van der Waals surface area contributed by atoms with Crippen LogP contribution in [0.2, 0.25) is 0 Å². The van der Waals surface area contributed by atoms with Crippen molar-refractivity contribution < 1.29 is 9.90 Å². The fourth-order valence-corrected chi connectivity index (χ4v) is 5.21. The van der Waals surface area contributed by atoms with E-state index >= 15 is 0 Å². The van der Waals surface area contributed by atoms with E-state index in [-0.39, 0.29) is 12.0 Å². The lowest BCUT2D eigenvalue weighted by Crippen LogP contribution is -2.24. The number of anilines is 1. The minimum atomic E-state index is -0.790. The van der Waals surface area contributed by atoms with Crippen molar-refractivity contribution in [3.63, 3.8) is 0 Å². The number of hydrogen-bond donors (Lipinski definition) is 1. The molecule has 1 aliphatic heterocycles. The molecule has 4 rings (SSSR count). The summed E-state index contributed by atoms with van der Waals surface area (Å²) >= 11 is 0. The van der Waals surface area contributed by atoms with E-state index in [1.807, 2.05) is 4.57 Å². The lowest BCUT2D eigenvalue weighted by molar-refractivity contribution is -0.137. The summed E-state index contributed by atoms with van der Waals surface area (Å²) in [6.45, 7) is 13.3. The molecule has 0 bridgehead atoms. The Kier molecular flexibility index (Phi) is 5.05. The predicted octanol–water partition coefficient (Wildman–Crippen LogP) is 5.06. The zero-order valence-electron chi connectivity index (χ0n) is 17.9. The number of aromatic nitrogens is 1. The molecule has 4 nitrogen and oxygen atoms in total. The molecule has 0 unspecified atom stereocenters. The number of carbonyl (C=O) groups is 1. The van der Waals surface area contributed by atoms with Crippen molar-refractivity contribution in [1.29, 1.82) is 0 Å². The van der Waals surface area contributed by atoms with Crippen molar-refractivity contribution in [3.05, 3.63) is 58.9 Å². The minimum Gasteiger partial charge on any atom is -0.480 e. The number of hydrogen-bond acceptors (Lipinski definition) is 2. The van der Waals surface area contributed by atoms with Crippen molar-refractivity contribution in [3.8, 4) is 0 Å². The van der Waals surface area contributed by atoms with Gasteiger partial charge in [0, 0.05) is 35.7 Å². The second-order valence-corrected chi connectivity index (χ2v) is 9.52.